The Hall–Kier alpha value is -2.45. The number of nitrogens with one attached hydrogen (secondary N) is 1. The van der Waals surface area contributed by atoms with Crippen molar-refractivity contribution < 1.29 is 32.6 Å². The summed E-state index contributed by atoms with van der Waals surface area (Å²) in [5.41, 5.74) is 0.131. The van der Waals surface area contributed by atoms with E-state index in [0.29, 0.717) is 13.0 Å². The number of carbonyl (C=O) groups is 2. The van der Waals surface area contributed by atoms with Crippen LogP contribution in [-0.2, 0) is 4.79 Å². The minimum Gasteiger partial charge on any atom is -0.481 e. The molecule has 1 aromatic carbocycles. The first-order chi connectivity index (χ1) is 11.1. The molecular formula is C15H17F3N2O4. The van der Waals surface area contributed by atoms with Gasteiger partial charge in [0, 0.05) is 24.8 Å². The molecule has 1 heterocycles. The number of rotatable bonds is 3. The number of hydrogen-bond acceptors (Lipinski definition) is 3. The molecule has 0 radical (unpaired) electrons. The highest BCUT2D eigenvalue weighted by molar-refractivity contribution is 5.90. The van der Waals surface area contributed by atoms with Crippen molar-refractivity contribution in [2.75, 3.05) is 18.4 Å². The molecule has 0 aliphatic carbocycles. The lowest BCUT2D eigenvalue weighted by atomic mass is 9.91. The number of aliphatic carboxylic acids is 1. The average Bonchev–Trinajstić information content (AvgIpc) is 2.45. The zero-order valence-electron chi connectivity index (χ0n) is 12.8. The number of halogens is 3. The summed E-state index contributed by atoms with van der Waals surface area (Å²) in [5.74, 6) is -2.06. The Morgan fingerprint density at radius 2 is 2.04 bits per heavy atom. The summed E-state index contributed by atoms with van der Waals surface area (Å²) < 4.78 is 40.4. The fourth-order valence-corrected chi connectivity index (χ4v) is 2.67. The minimum absolute atomic E-state index is 0.0190. The Kier molecular flexibility index (Phi) is 5.20. The molecule has 2 atom stereocenters. The number of alkyl halides is 3. The molecule has 6 nitrogen and oxygen atoms in total. The van der Waals surface area contributed by atoms with Crippen LogP contribution in [0.1, 0.15) is 13.3 Å². The second kappa shape index (κ2) is 6.98. The van der Waals surface area contributed by atoms with Gasteiger partial charge in [-0.3, -0.25) is 4.79 Å². The molecule has 0 saturated carbocycles. The van der Waals surface area contributed by atoms with Crippen LogP contribution in [0.2, 0.25) is 0 Å². The molecule has 2 rings (SSSR count). The fourth-order valence-electron chi connectivity index (χ4n) is 2.67. The fraction of sp³-hybridized carbons (Fsp3) is 0.467. The SMILES string of the molecule is CC1CC(C(=O)O)CN(C(=O)Nc2cccc(OC(F)(F)F)c2)C1. The normalized spacial score (nSPS) is 21.2. The maximum Gasteiger partial charge on any atom is 0.573 e. The number of hydrogen-bond donors (Lipinski definition) is 2. The van der Waals surface area contributed by atoms with Crippen molar-refractivity contribution in [2.24, 2.45) is 11.8 Å². The molecule has 2 N–H and O–H groups in total. The van der Waals surface area contributed by atoms with Crippen molar-refractivity contribution >= 4 is 17.7 Å². The van der Waals surface area contributed by atoms with Crippen LogP contribution in [0, 0.1) is 11.8 Å². The molecule has 1 saturated heterocycles. The standard InChI is InChI=1S/C15H17F3N2O4/c1-9-5-10(13(21)22)8-20(7-9)14(23)19-11-3-2-4-12(6-11)24-15(16,17)18/h2-4,6,9-10H,5,7-8H2,1H3,(H,19,23)(H,21,22). The van der Waals surface area contributed by atoms with E-state index in [2.05, 4.69) is 10.1 Å². The van der Waals surface area contributed by atoms with E-state index in [-0.39, 0.29) is 18.2 Å². The highest BCUT2D eigenvalue weighted by Gasteiger charge is 2.33. The molecule has 24 heavy (non-hydrogen) atoms. The van der Waals surface area contributed by atoms with Gasteiger partial charge in [0.2, 0.25) is 0 Å². The molecule has 1 aliphatic rings. The van der Waals surface area contributed by atoms with Crippen molar-refractivity contribution in [1.29, 1.82) is 0 Å². The number of ether oxygens (including phenoxy) is 1. The van der Waals surface area contributed by atoms with Gasteiger partial charge in [0.15, 0.2) is 0 Å². The van der Waals surface area contributed by atoms with Crippen LogP contribution in [0.5, 0.6) is 5.75 Å². The maximum atomic E-state index is 12.2. The molecule has 132 valence electrons. The largest absolute Gasteiger partial charge is 0.573 e. The number of anilines is 1. The van der Waals surface area contributed by atoms with Crippen LogP contribution in [0.25, 0.3) is 0 Å². The van der Waals surface area contributed by atoms with E-state index in [9.17, 15) is 22.8 Å². The molecule has 2 unspecified atom stereocenters. The molecule has 2 amide bonds. The van der Waals surface area contributed by atoms with Gasteiger partial charge in [0.05, 0.1) is 5.92 Å². The summed E-state index contributed by atoms with van der Waals surface area (Å²) in [6, 6.07) is 4.34. The number of amides is 2. The average molecular weight is 346 g/mol. The first-order valence-electron chi connectivity index (χ1n) is 7.28. The number of carboxylic acids is 1. The molecule has 1 aliphatic heterocycles. The van der Waals surface area contributed by atoms with Crippen LogP contribution in [0.4, 0.5) is 23.7 Å². The molecule has 9 heteroatoms. The Morgan fingerprint density at radius 3 is 2.67 bits per heavy atom. The van der Waals surface area contributed by atoms with Gasteiger partial charge in [-0.1, -0.05) is 13.0 Å². The van der Waals surface area contributed by atoms with Gasteiger partial charge in [-0.25, -0.2) is 4.79 Å². The molecule has 0 spiro atoms. The quantitative estimate of drug-likeness (QED) is 0.881. The van der Waals surface area contributed by atoms with Crippen molar-refractivity contribution in [1.82, 2.24) is 4.90 Å². The second-order valence-electron chi connectivity index (χ2n) is 5.79. The van der Waals surface area contributed by atoms with E-state index in [4.69, 9.17) is 5.11 Å². The van der Waals surface area contributed by atoms with E-state index in [1.54, 1.807) is 0 Å². The highest BCUT2D eigenvalue weighted by atomic mass is 19.4. The summed E-state index contributed by atoms with van der Waals surface area (Å²) >= 11 is 0. The number of piperidine rings is 1. The van der Waals surface area contributed by atoms with E-state index < -0.39 is 30.0 Å². The van der Waals surface area contributed by atoms with Gasteiger partial charge in [-0.05, 0) is 24.5 Å². The van der Waals surface area contributed by atoms with Crippen molar-refractivity contribution in [3.05, 3.63) is 24.3 Å². The van der Waals surface area contributed by atoms with E-state index in [0.717, 1.165) is 12.1 Å². The van der Waals surface area contributed by atoms with E-state index in [1.807, 2.05) is 6.92 Å². The number of nitrogens with zero attached hydrogens (tertiary/aromatic N) is 1. The topological polar surface area (TPSA) is 78.9 Å². The van der Waals surface area contributed by atoms with Crippen molar-refractivity contribution in [3.63, 3.8) is 0 Å². The van der Waals surface area contributed by atoms with Crippen LogP contribution >= 0.6 is 0 Å². The lowest BCUT2D eigenvalue weighted by molar-refractivity contribution is -0.274. The van der Waals surface area contributed by atoms with Gasteiger partial charge in [0.25, 0.3) is 0 Å². The first kappa shape index (κ1) is 17.9. The molecule has 0 bridgehead atoms. The number of urea groups is 1. The summed E-state index contributed by atoms with van der Waals surface area (Å²) in [7, 11) is 0. The van der Waals surface area contributed by atoms with Crippen LogP contribution in [0.15, 0.2) is 24.3 Å². The third kappa shape index (κ3) is 5.04. The Labute approximate surface area is 136 Å². The summed E-state index contributed by atoms with van der Waals surface area (Å²) in [6.45, 7) is 2.28. The molecule has 0 aromatic heterocycles. The molecule has 1 aromatic rings. The monoisotopic (exact) mass is 346 g/mol. The van der Waals surface area contributed by atoms with Crippen LogP contribution < -0.4 is 10.1 Å². The Morgan fingerprint density at radius 1 is 1.33 bits per heavy atom. The van der Waals surface area contributed by atoms with Crippen LogP contribution in [0.3, 0.4) is 0 Å². The lowest BCUT2D eigenvalue weighted by Crippen LogP contribution is -2.47. The zero-order valence-corrected chi connectivity index (χ0v) is 12.8. The van der Waals surface area contributed by atoms with Gasteiger partial charge < -0.3 is 20.1 Å². The number of carbonyl (C=O) groups excluding carboxylic acids is 1. The molecule has 1 fully saturated rings. The van der Waals surface area contributed by atoms with Gasteiger partial charge >= 0.3 is 18.4 Å². The maximum absolute atomic E-state index is 12.2. The van der Waals surface area contributed by atoms with Gasteiger partial charge in [-0.2, -0.15) is 0 Å². The summed E-state index contributed by atoms with van der Waals surface area (Å²) in [5, 5.41) is 11.6. The molecular weight excluding hydrogens is 329 g/mol. The van der Waals surface area contributed by atoms with E-state index >= 15 is 0 Å². The lowest BCUT2D eigenvalue weighted by Gasteiger charge is -2.34. The third-order valence-corrected chi connectivity index (χ3v) is 3.62. The second-order valence-corrected chi connectivity index (χ2v) is 5.79. The predicted molar refractivity (Wildman–Crippen MR) is 78.6 cm³/mol. The number of carboxylic acid groups (broad SMARTS) is 1. The zero-order chi connectivity index (χ0) is 17.9. The first-order valence-corrected chi connectivity index (χ1v) is 7.28. The minimum atomic E-state index is -4.82. The van der Waals surface area contributed by atoms with Crippen LogP contribution in [-0.4, -0.2) is 41.5 Å². The van der Waals surface area contributed by atoms with Crippen molar-refractivity contribution in [2.45, 2.75) is 19.7 Å². The Bertz CT molecular complexity index is 621. The predicted octanol–water partition coefficient (Wildman–Crippen LogP) is 3.16. The summed E-state index contributed by atoms with van der Waals surface area (Å²) in [6.07, 6.45) is -4.34. The highest BCUT2D eigenvalue weighted by Crippen LogP contribution is 2.26. The number of benzene rings is 1. The smallest absolute Gasteiger partial charge is 0.481 e. The third-order valence-electron chi connectivity index (χ3n) is 3.62. The summed E-state index contributed by atoms with van der Waals surface area (Å²) in [4.78, 5) is 24.7. The Balaban J connectivity index is 2.03. The van der Waals surface area contributed by atoms with Gasteiger partial charge in [-0.15, -0.1) is 13.2 Å². The number of likely N-dealkylation sites (tertiary alicyclic amines) is 1. The van der Waals surface area contributed by atoms with Crippen molar-refractivity contribution in [3.8, 4) is 5.75 Å². The van der Waals surface area contributed by atoms with Gasteiger partial charge in [0.1, 0.15) is 5.75 Å². The van der Waals surface area contributed by atoms with E-state index in [1.165, 1.54) is 17.0 Å².